The van der Waals surface area contributed by atoms with Crippen molar-refractivity contribution in [1.29, 1.82) is 0 Å². The number of aromatic nitrogens is 3. The quantitative estimate of drug-likeness (QED) is 0.776. The van der Waals surface area contributed by atoms with Gasteiger partial charge in [-0.1, -0.05) is 0 Å². The van der Waals surface area contributed by atoms with Crippen LogP contribution in [-0.4, -0.2) is 14.5 Å². The maximum absolute atomic E-state index is 13.5. The van der Waals surface area contributed by atoms with E-state index < -0.39 is 11.4 Å². The van der Waals surface area contributed by atoms with Crippen LogP contribution in [0.15, 0.2) is 17.1 Å². The third kappa shape index (κ3) is 1.76. The Hall–Kier alpha value is -1.56. The zero-order chi connectivity index (χ0) is 11.9. The van der Waals surface area contributed by atoms with Crippen LogP contribution in [0, 0.1) is 10.6 Å². The number of nitrogens with zero attached hydrogens (tertiary/aromatic N) is 2. The zero-order valence-corrected chi connectivity index (χ0v) is 9.64. The minimum Gasteiger partial charge on any atom is -0.320 e. The summed E-state index contributed by atoms with van der Waals surface area (Å²) in [5.41, 5.74) is -0.332. The number of aromatic amines is 1. The number of rotatable bonds is 1. The van der Waals surface area contributed by atoms with E-state index >= 15 is 0 Å². The van der Waals surface area contributed by atoms with Crippen molar-refractivity contribution in [1.82, 2.24) is 14.5 Å². The van der Waals surface area contributed by atoms with Gasteiger partial charge in [0.15, 0.2) is 0 Å². The fraction of sp³-hybridized carbons (Fsp3) is 0.300. The van der Waals surface area contributed by atoms with E-state index in [2.05, 4.69) is 9.97 Å². The Kier molecular flexibility index (Phi) is 2.59. The molecule has 84 valence electrons. The summed E-state index contributed by atoms with van der Waals surface area (Å²) in [5.74, 6) is -0.587. The first-order chi connectivity index (χ1) is 7.49. The monoisotopic (exact) mass is 239 g/mol. The van der Waals surface area contributed by atoms with Crippen molar-refractivity contribution in [2.45, 2.75) is 19.9 Å². The second-order valence-corrected chi connectivity index (χ2v) is 4.13. The van der Waals surface area contributed by atoms with Gasteiger partial charge in [0.2, 0.25) is 4.77 Å². The summed E-state index contributed by atoms with van der Waals surface area (Å²) in [4.78, 5) is 17.5. The molecule has 1 N–H and O–H groups in total. The van der Waals surface area contributed by atoms with E-state index in [-0.39, 0.29) is 17.1 Å². The molecule has 0 fully saturated rings. The van der Waals surface area contributed by atoms with Crippen LogP contribution in [0.25, 0.3) is 11.0 Å². The Morgan fingerprint density at radius 3 is 2.88 bits per heavy atom. The van der Waals surface area contributed by atoms with E-state index in [0.29, 0.717) is 4.77 Å². The Morgan fingerprint density at radius 1 is 1.56 bits per heavy atom. The summed E-state index contributed by atoms with van der Waals surface area (Å²) in [6, 6.07) is 0.994. The third-order valence-electron chi connectivity index (χ3n) is 2.26. The van der Waals surface area contributed by atoms with Crippen molar-refractivity contribution < 1.29 is 4.39 Å². The highest BCUT2D eigenvalue weighted by atomic mass is 32.1. The Bertz CT molecular complexity index is 659. The van der Waals surface area contributed by atoms with Crippen molar-refractivity contribution in [2.24, 2.45) is 0 Å². The van der Waals surface area contributed by atoms with Gasteiger partial charge in [0.25, 0.3) is 5.56 Å². The van der Waals surface area contributed by atoms with Crippen LogP contribution in [0.3, 0.4) is 0 Å². The molecular formula is C10H10FN3OS. The van der Waals surface area contributed by atoms with Gasteiger partial charge in [-0.2, -0.15) is 0 Å². The van der Waals surface area contributed by atoms with Crippen LogP contribution in [0.2, 0.25) is 0 Å². The molecule has 0 atom stereocenters. The molecule has 0 amide bonds. The lowest BCUT2D eigenvalue weighted by molar-refractivity contribution is 0.576. The number of hydrogen-bond acceptors (Lipinski definition) is 3. The van der Waals surface area contributed by atoms with E-state index in [0.717, 1.165) is 6.07 Å². The molecule has 6 heteroatoms. The summed E-state index contributed by atoms with van der Waals surface area (Å²) >= 11 is 5.05. The molecule has 0 bridgehead atoms. The molecule has 0 aliphatic heterocycles. The molecule has 0 radical (unpaired) electrons. The van der Waals surface area contributed by atoms with Gasteiger partial charge in [0.05, 0.1) is 5.39 Å². The number of hydrogen-bond donors (Lipinski definition) is 1. The predicted octanol–water partition coefficient (Wildman–Crippen LogP) is 2.17. The highest BCUT2D eigenvalue weighted by Crippen LogP contribution is 2.14. The lowest BCUT2D eigenvalue weighted by atomic mass is 10.3. The van der Waals surface area contributed by atoms with Crippen molar-refractivity contribution in [3.8, 4) is 0 Å². The summed E-state index contributed by atoms with van der Waals surface area (Å²) in [6.45, 7) is 3.85. The number of fused-ring (bicyclic) bond motifs is 1. The third-order valence-corrected chi connectivity index (χ3v) is 2.57. The Labute approximate surface area is 95.8 Å². The van der Waals surface area contributed by atoms with Crippen LogP contribution in [0.5, 0.6) is 0 Å². The minimum atomic E-state index is -0.587. The van der Waals surface area contributed by atoms with E-state index in [9.17, 15) is 9.18 Å². The number of H-pyrrole nitrogens is 1. The topological polar surface area (TPSA) is 50.7 Å². The summed E-state index contributed by atoms with van der Waals surface area (Å²) in [5, 5.41) is 0.266. The number of halogens is 1. The van der Waals surface area contributed by atoms with Crippen molar-refractivity contribution >= 4 is 23.3 Å². The molecular weight excluding hydrogens is 229 g/mol. The standard InChI is InChI=1S/C10H10FN3OS/c1-5(2)14-4-6-7(11)3-8(15)12-9(6)13-10(14)16/h3-5H,1-2H3,(H,12,13,15,16). The van der Waals surface area contributed by atoms with Crippen LogP contribution in [0.4, 0.5) is 4.39 Å². The average molecular weight is 239 g/mol. The van der Waals surface area contributed by atoms with Gasteiger partial charge in [-0.25, -0.2) is 9.37 Å². The van der Waals surface area contributed by atoms with Gasteiger partial charge in [0, 0.05) is 18.3 Å². The molecule has 0 aliphatic carbocycles. The van der Waals surface area contributed by atoms with Gasteiger partial charge < -0.3 is 9.55 Å². The normalized spacial score (nSPS) is 11.2. The largest absolute Gasteiger partial charge is 0.320 e. The maximum Gasteiger partial charge on any atom is 0.252 e. The van der Waals surface area contributed by atoms with Crippen molar-refractivity contribution in [2.75, 3.05) is 0 Å². The molecule has 0 spiro atoms. The molecule has 2 rings (SSSR count). The van der Waals surface area contributed by atoms with Gasteiger partial charge in [-0.3, -0.25) is 4.79 Å². The molecule has 16 heavy (non-hydrogen) atoms. The minimum absolute atomic E-state index is 0.0933. The van der Waals surface area contributed by atoms with E-state index in [1.165, 1.54) is 0 Å². The Morgan fingerprint density at radius 2 is 2.25 bits per heavy atom. The molecule has 0 aliphatic rings. The average Bonchev–Trinajstić information content (AvgIpc) is 2.15. The SMILES string of the molecule is CC(C)n1cc2c(F)cc(=O)[nH]c2nc1=S. The summed E-state index contributed by atoms with van der Waals surface area (Å²) < 4.78 is 15.5. The van der Waals surface area contributed by atoms with Gasteiger partial charge in [-0.05, 0) is 26.1 Å². The maximum atomic E-state index is 13.5. The van der Waals surface area contributed by atoms with E-state index in [1.54, 1.807) is 10.8 Å². The molecule has 0 saturated carbocycles. The number of nitrogens with one attached hydrogen (secondary N) is 1. The summed E-state index contributed by atoms with van der Waals surface area (Å²) in [7, 11) is 0. The zero-order valence-electron chi connectivity index (χ0n) is 8.82. The summed E-state index contributed by atoms with van der Waals surface area (Å²) in [6.07, 6.45) is 1.57. The molecule has 2 aromatic heterocycles. The highest BCUT2D eigenvalue weighted by Gasteiger charge is 2.07. The van der Waals surface area contributed by atoms with Crippen LogP contribution >= 0.6 is 12.2 Å². The molecule has 2 heterocycles. The first-order valence-corrected chi connectivity index (χ1v) is 5.21. The number of pyridine rings is 1. The van der Waals surface area contributed by atoms with Crippen LogP contribution in [0.1, 0.15) is 19.9 Å². The van der Waals surface area contributed by atoms with Crippen LogP contribution < -0.4 is 5.56 Å². The molecule has 0 saturated heterocycles. The predicted molar refractivity (Wildman–Crippen MR) is 61.5 cm³/mol. The fourth-order valence-electron chi connectivity index (χ4n) is 1.45. The van der Waals surface area contributed by atoms with Gasteiger partial charge >= 0.3 is 0 Å². The first kappa shape index (κ1) is 10.9. The Balaban J connectivity index is 2.90. The van der Waals surface area contributed by atoms with Crippen molar-refractivity contribution in [3.63, 3.8) is 0 Å². The smallest absolute Gasteiger partial charge is 0.252 e. The molecule has 0 unspecified atom stereocenters. The first-order valence-electron chi connectivity index (χ1n) is 4.81. The van der Waals surface area contributed by atoms with Crippen LogP contribution in [-0.2, 0) is 0 Å². The molecule has 0 aromatic carbocycles. The van der Waals surface area contributed by atoms with Gasteiger partial charge in [-0.15, -0.1) is 0 Å². The second-order valence-electron chi connectivity index (χ2n) is 3.77. The lowest BCUT2D eigenvalue weighted by Gasteiger charge is -2.11. The second kappa shape index (κ2) is 3.79. The molecule has 2 aromatic rings. The van der Waals surface area contributed by atoms with Crippen molar-refractivity contribution in [3.05, 3.63) is 33.2 Å². The fourth-order valence-corrected chi connectivity index (χ4v) is 1.81. The van der Waals surface area contributed by atoms with E-state index in [4.69, 9.17) is 12.2 Å². The lowest BCUT2D eigenvalue weighted by Crippen LogP contribution is -2.11. The van der Waals surface area contributed by atoms with Gasteiger partial charge in [0.1, 0.15) is 11.5 Å². The highest BCUT2D eigenvalue weighted by molar-refractivity contribution is 7.71. The molecule has 4 nitrogen and oxygen atoms in total. The van der Waals surface area contributed by atoms with E-state index in [1.807, 2.05) is 13.8 Å².